The van der Waals surface area contributed by atoms with Crippen molar-refractivity contribution in [1.29, 1.82) is 0 Å². The van der Waals surface area contributed by atoms with Gasteiger partial charge >= 0.3 is 11.9 Å². The zero-order chi connectivity index (χ0) is 24.8. The number of aromatic nitrogens is 4. The summed E-state index contributed by atoms with van der Waals surface area (Å²) in [5.74, 6) is -5.32. The number of aldehydes is 1. The van der Waals surface area contributed by atoms with E-state index in [2.05, 4.69) is 30.6 Å². The van der Waals surface area contributed by atoms with E-state index in [1.54, 1.807) is 12.1 Å². The summed E-state index contributed by atoms with van der Waals surface area (Å²) < 4.78 is 0. The molecule has 0 bridgehead atoms. The van der Waals surface area contributed by atoms with Crippen molar-refractivity contribution in [2.45, 2.75) is 19.0 Å². The predicted octanol–water partition coefficient (Wildman–Crippen LogP) is -0.620. The van der Waals surface area contributed by atoms with Crippen LogP contribution in [0.5, 0.6) is 0 Å². The lowest BCUT2D eigenvalue weighted by atomic mass is 10.0. The lowest BCUT2D eigenvalue weighted by molar-refractivity contribution is -0.145. The summed E-state index contributed by atoms with van der Waals surface area (Å²) >= 11 is 0. The molecule has 0 spiro atoms. The Hall–Kier alpha value is -4.88. The molecule has 14 nitrogen and oxygen atoms in total. The van der Waals surface area contributed by atoms with Crippen LogP contribution in [0.15, 0.2) is 35.3 Å². The summed E-state index contributed by atoms with van der Waals surface area (Å²) in [5.41, 5.74) is 6.25. The lowest BCUT2D eigenvalue weighted by Gasteiger charge is -2.16. The SMILES string of the molecule is Nc1nc2ncc(CNc3ccc(C(=O)N[C@@H](CC(C=O)C(=O)O)C(=O)O)cc3)nc2c(=O)[nH]1. The molecule has 0 saturated carbocycles. The summed E-state index contributed by atoms with van der Waals surface area (Å²) in [5, 5.41) is 23.4. The van der Waals surface area contributed by atoms with Gasteiger partial charge in [0.2, 0.25) is 5.95 Å². The number of hydrogen-bond donors (Lipinski definition) is 6. The van der Waals surface area contributed by atoms with Crippen LogP contribution in [0.4, 0.5) is 11.6 Å². The number of aliphatic carboxylic acids is 2. The second-order valence-corrected chi connectivity index (χ2v) is 7.10. The maximum atomic E-state index is 12.4. The van der Waals surface area contributed by atoms with Crippen molar-refractivity contribution in [3.05, 3.63) is 52.1 Å². The molecule has 2 aromatic heterocycles. The molecule has 176 valence electrons. The summed E-state index contributed by atoms with van der Waals surface area (Å²) in [6.45, 7) is 0.196. The van der Waals surface area contributed by atoms with Gasteiger partial charge in [-0.05, 0) is 30.7 Å². The highest BCUT2D eigenvalue weighted by molar-refractivity contribution is 5.97. The van der Waals surface area contributed by atoms with Crippen LogP contribution in [0.1, 0.15) is 22.5 Å². The van der Waals surface area contributed by atoms with Gasteiger partial charge in [0.1, 0.15) is 18.2 Å². The van der Waals surface area contributed by atoms with Crippen molar-refractivity contribution < 1.29 is 29.4 Å². The van der Waals surface area contributed by atoms with Crippen LogP contribution in [0.2, 0.25) is 0 Å². The van der Waals surface area contributed by atoms with Gasteiger partial charge in [-0.3, -0.25) is 19.4 Å². The quantitative estimate of drug-likeness (QED) is 0.161. The molecule has 2 heterocycles. The number of aromatic amines is 1. The number of carbonyl (C=O) groups is 4. The average Bonchev–Trinajstić information content (AvgIpc) is 2.80. The average molecular weight is 469 g/mol. The van der Waals surface area contributed by atoms with Crippen LogP contribution in [-0.4, -0.2) is 60.3 Å². The number of nitrogens with zero attached hydrogens (tertiary/aromatic N) is 3. The second kappa shape index (κ2) is 10.2. The van der Waals surface area contributed by atoms with Gasteiger partial charge in [0, 0.05) is 11.3 Å². The highest BCUT2D eigenvalue weighted by Crippen LogP contribution is 2.13. The number of anilines is 2. The van der Waals surface area contributed by atoms with Crippen molar-refractivity contribution in [1.82, 2.24) is 25.3 Å². The molecule has 1 amide bonds. The molecule has 1 unspecified atom stereocenters. The first-order valence-corrected chi connectivity index (χ1v) is 9.75. The fourth-order valence-electron chi connectivity index (χ4n) is 2.92. The first-order chi connectivity index (χ1) is 16.2. The Morgan fingerprint density at radius 2 is 1.82 bits per heavy atom. The Morgan fingerprint density at radius 3 is 2.44 bits per heavy atom. The Bertz CT molecular complexity index is 1310. The Balaban J connectivity index is 1.64. The smallest absolute Gasteiger partial charge is 0.326 e. The summed E-state index contributed by atoms with van der Waals surface area (Å²) in [4.78, 5) is 71.9. The van der Waals surface area contributed by atoms with Crippen molar-refractivity contribution >= 4 is 46.9 Å². The third-order valence-corrected chi connectivity index (χ3v) is 4.68. The normalized spacial score (nSPS) is 12.5. The minimum absolute atomic E-state index is 0.0354. The van der Waals surface area contributed by atoms with Gasteiger partial charge < -0.3 is 31.4 Å². The van der Waals surface area contributed by atoms with E-state index >= 15 is 0 Å². The number of nitrogen functional groups attached to an aromatic ring is 1. The van der Waals surface area contributed by atoms with Crippen LogP contribution in [0, 0.1) is 5.92 Å². The molecule has 7 N–H and O–H groups in total. The van der Waals surface area contributed by atoms with Crippen molar-refractivity contribution in [3.8, 4) is 0 Å². The van der Waals surface area contributed by atoms with E-state index in [1.165, 1.54) is 18.3 Å². The number of amides is 1. The standard InChI is InChI=1S/C20H19N7O7/c21-20-26-15-14(17(30)27-20)24-12(7-23-15)6-22-11-3-1-9(2-4-11)16(29)25-13(19(33)34)5-10(8-28)18(31)32/h1-4,7-8,10,13,22H,5-6H2,(H,25,29)(H,31,32)(H,33,34)(H3,21,23,26,27,30)/t10?,13-/m0/s1. The van der Waals surface area contributed by atoms with Crippen LogP contribution in [0.3, 0.4) is 0 Å². The van der Waals surface area contributed by atoms with E-state index < -0.39 is 41.8 Å². The zero-order valence-corrected chi connectivity index (χ0v) is 17.4. The topological polar surface area (TPSA) is 230 Å². The number of fused-ring (bicyclic) bond motifs is 1. The van der Waals surface area contributed by atoms with E-state index in [1.807, 2.05) is 0 Å². The molecule has 0 fully saturated rings. The third kappa shape index (κ3) is 5.67. The maximum Gasteiger partial charge on any atom is 0.326 e. The summed E-state index contributed by atoms with van der Waals surface area (Å²) in [7, 11) is 0. The minimum atomic E-state index is -1.56. The predicted molar refractivity (Wildman–Crippen MR) is 117 cm³/mol. The Morgan fingerprint density at radius 1 is 1.12 bits per heavy atom. The van der Waals surface area contributed by atoms with Gasteiger partial charge in [-0.25, -0.2) is 14.8 Å². The first-order valence-electron chi connectivity index (χ1n) is 9.75. The van der Waals surface area contributed by atoms with Crippen molar-refractivity contribution in [2.75, 3.05) is 11.1 Å². The van der Waals surface area contributed by atoms with E-state index in [4.69, 9.17) is 10.8 Å². The second-order valence-electron chi connectivity index (χ2n) is 7.10. The lowest BCUT2D eigenvalue weighted by Crippen LogP contribution is -2.43. The number of benzene rings is 1. The number of H-pyrrole nitrogens is 1. The highest BCUT2D eigenvalue weighted by Gasteiger charge is 2.28. The molecule has 3 aromatic rings. The van der Waals surface area contributed by atoms with Gasteiger partial charge in [-0.1, -0.05) is 0 Å². The molecular weight excluding hydrogens is 450 g/mol. The summed E-state index contributed by atoms with van der Waals surface area (Å²) in [6.07, 6.45) is 0.961. The number of carboxylic acid groups (broad SMARTS) is 2. The first kappa shape index (κ1) is 23.8. The molecule has 14 heteroatoms. The Labute approximate surface area is 190 Å². The van der Waals surface area contributed by atoms with E-state index in [-0.39, 0.29) is 35.5 Å². The van der Waals surface area contributed by atoms with Gasteiger partial charge in [0.05, 0.1) is 18.4 Å². The number of hydrogen-bond acceptors (Lipinski definition) is 10. The number of carbonyl (C=O) groups excluding carboxylic acids is 2. The molecule has 1 aromatic carbocycles. The van der Waals surface area contributed by atoms with Crippen molar-refractivity contribution in [2.24, 2.45) is 5.92 Å². The van der Waals surface area contributed by atoms with Crippen LogP contribution in [-0.2, 0) is 20.9 Å². The maximum absolute atomic E-state index is 12.4. The third-order valence-electron chi connectivity index (χ3n) is 4.68. The monoisotopic (exact) mass is 469 g/mol. The number of rotatable bonds is 10. The minimum Gasteiger partial charge on any atom is -0.481 e. The van der Waals surface area contributed by atoms with Gasteiger partial charge in [-0.2, -0.15) is 4.98 Å². The van der Waals surface area contributed by atoms with Crippen LogP contribution >= 0.6 is 0 Å². The zero-order valence-electron chi connectivity index (χ0n) is 17.4. The van der Waals surface area contributed by atoms with Crippen molar-refractivity contribution in [3.63, 3.8) is 0 Å². The summed E-state index contributed by atoms with van der Waals surface area (Å²) in [6, 6.07) is 4.40. The van der Waals surface area contributed by atoms with Gasteiger partial charge in [-0.15, -0.1) is 0 Å². The largest absolute Gasteiger partial charge is 0.481 e. The number of nitrogens with one attached hydrogen (secondary N) is 3. The Kier molecular flexibility index (Phi) is 7.10. The fraction of sp³-hybridized carbons (Fsp3) is 0.200. The van der Waals surface area contributed by atoms with E-state index in [9.17, 15) is 29.1 Å². The van der Waals surface area contributed by atoms with Crippen LogP contribution < -0.4 is 21.9 Å². The highest BCUT2D eigenvalue weighted by atomic mass is 16.4. The molecular formula is C20H19N7O7. The molecule has 0 aliphatic heterocycles. The number of nitrogens with two attached hydrogens (primary N) is 1. The van der Waals surface area contributed by atoms with Gasteiger partial charge in [0.15, 0.2) is 11.2 Å². The molecule has 0 radical (unpaired) electrons. The van der Waals surface area contributed by atoms with E-state index in [0.717, 1.165) is 0 Å². The number of carboxylic acids is 2. The fourth-order valence-corrected chi connectivity index (χ4v) is 2.92. The molecule has 0 aliphatic carbocycles. The molecule has 34 heavy (non-hydrogen) atoms. The molecule has 3 rings (SSSR count). The van der Waals surface area contributed by atoms with E-state index in [0.29, 0.717) is 11.4 Å². The molecule has 2 atom stereocenters. The van der Waals surface area contributed by atoms with Crippen LogP contribution in [0.25, 0.3) is 11.2 Å². The van der Waals surface area contributed by atoms with Gasteiger partial charge in [0.25, 0.3) is 11.5 Å². The molecule has 0 saturated heterocycles. The molecule has 0 aliphatic rings.